The first kappa shape index (κ1) is 14.0. The van der Waals surface area contributed by atoms with Crippen molar-refractivity contribution in [2.45, 2.75) is 13.8 Å². The molecule has 0 saturated heterocycles. The monoisotopic (exact) mass is 294 g/mol. The first-order chi connectivity index (χ1) is 9.41. The quantitative estimate of drug-likeness (QED) is 0.671. The van der Waals surface area contributed by atoms with Crippen LogP contribution in [0.15, 0.2) is 18.2 Å². The van der Waals surface area contributed by atoms with Crippen LogP contribution in [0.2, 0.25) is 5.02 Å². The summed E-state index contributed by atoms with van der Waals surface area (Å²) in [7, 11) is 0. The molecule has 0 unspecified atom stereocenters. The van der Waals surface area contributed by atoms with Gasteiger partial charge in [0.05, 0.1) is 10.5 Å². The van der Waals surface area contributed by atoms with E-state index >= 15 is 0 Å². The van der Waals surface area contributed by atoms with Gasteiger partial charge in [0.1, 0.15) is 5.02 Å². The highest BCUT2D eigenvalue weighted by Gasteiger charge is 2.21. The van der Waals surface area contributed by atoms with Gasteiger partial charge in [-0.15, -0.1) is 0 Å². The Hall–Kier alpha value is -2.41. The molecule has 0 bridgehead atoms. The number of rotatable bonds is 3. The molecule has 0 atom stereocenters. The number of aromatic nitrogens is 2. The average Bonchev–Trinajstić information content (AvgIpc) is 2.70. The topological polar surface area (TPSA) is 101 Å². The highest BCUT2D eigenvalue weighted by Crippen LogP contribution is 2.28. The predicted molar refractivity (Wildman–Crippen MR) is 74.1 cm³/mol. The van der Waals surface area contributed by atoms with Gasteiger partial charge in [-0.05, 0) is 19.9 Å². The van der Waals surface area contributed by atoms with Gasteiger partial charge in [-0.25, -0.2) is 0 Å². The fourth-order valence-electron chi connectivity index (χ4n) is 1.62. The molecule has 1 aromatic carbocycles. The van der Waals surface area contributed by atoms with Gasteiger partial charge < -0.3 is 5.32 Å². The second-order valence-corrected chi connectivity index (χ2v) is 4.55. The molecule has 0 aliphatic carbocycles. The van der Waals surface area contributed by atoms with Gasteiger partial charge in [-0.1, -0.05) is 17.7 Å². The number of H-pyrrole nitrogens is 1. The van der Waals surface area contributed by atoms with E-state index in [1.54, 1.807) is 6.92 Å². The lowest BCUT2D eigenvalue weighted by Gasteiger charge is -2.05. The van der Waals surface area contributed by atoms with Crippen molar-refractivity contribution in [1.29, 1.82) is 0 Å². The number of carbonyl (C=O) groups is 1. The molecule has 1 aromatic heterocycles. The van der Waals surface area contributed by atoms with E-state index in [2.05, 4.69) is 15.5 Å². The molecule has 104 valence electrons. The van der Waals surface area contributed by atoms with Crippen molar-refractivity contribution < 1.29 is 9.72 Å². The van der Waals surface area contributed by atoms with Crippen molar-refractivity contribution in [3.8, 4) is 0 Å². The van der Waals surface area contributed by atoms with E-state index in [-0.39, 0.29) is 16.3 Å². The Balaban J connectivity index is 2.33. The highest BCUT2D eigenvalue weighted by atomic mass is 35.5. The minimum atomic E-state index is -0.636. The minimum Gasteiger partial charge on any atom is -0.305 e. The first-order valence-corrected chi connectivity index (χ1v) is 6.05. The fourth-order valence-corrected chi connectivity index (χ4v) is 1.90. The number of nitro benzene ring substituents is 1. The zero-order chi connectivity index (χ0) is 14.9. The Morgan fingerprint density at radius 1 is 1.45 bits per heavy atom. The molecule has 0 radical (unpaired) electrons. The van der Waals surface area contributed by atoms with Gasteiger partial charge in [0.2, 0.25) is 0 Å². The predicted octanol–water partition coefficient (Wildman–Crippen LogP) is 2.84. The van der Waals surface area contributed by atoms with Crippen molar-refractivity contribution in [2.24, 2.45) is 0 Å². The molecule has 0 fully saturated rings. The Bertz CT molecular complexity index is 696. The maximum absolute atomic E-state index is 12.1. The number of nitrogens with one attached hydrogen (secondary N) is 2. The van der Waals surface area contributed by atoms with E-state index in [9.17, 15) is 14.9 Å². The molecule has 2 N–H and O–H groups in total. The van der Waals surface area contributed by atoms with Crippen molar-refractivity contribution in [1.82, 2.24) is 10.2 Å². The summed E-state index contributed by atoms with van der Waals surface area (Å²) >= 11 is 5.88. The van der Waals surface area contributed by atoms with Crippen LogP contribution in [-0.4, -0.2) is 21.0 Å². The van der Waals surface area contributed by atoms with Crippen LogP contribution in [0.4, 0.5) is 11.5 Å². The van der Waals surface area contributed by atoms with E-state index in [0.29, 0.717) is 5.82 Å². The molecule has 7 nitrogen and oxygen atoms in total. The fraction of sp³-hybridized carbons (Fsp3) is 0.167. The first-order valence-electron chi connectivity index (χ1n) is 5.67. The molecule has 20 heavy (non-hydrogen) atoms. The molecule has 8 heteroatoms. The number of aromatic amines is 1. The standard InChI is InChI=1S/C12H11ClN4O3/c1-6-7(2)15-16-11(6)14-12(18)8-4-3-5-9(10(8)13)17(19)20/h3-5H,1-2H3,(H2,14,15,16,18). The number of hydrogen-bond acceptors (Lipinski definition) is 4. The second kappa shape index (κ2) is 5.30. The molecule has 0 aliphatic rings. The summed E-state index contributed by atoms with van der Waals surface area (Å²) in [6.07, 6.45) is 0. The number of aryl methyl sites for hydroxylation is 1. The Morgan fingerprint density at radius 2 is 2.15 bits per heavy atom. The van der Waals surface area contributed by atoms with Crippen LogP contribution in [0.3, 0.4) is 0 Å². The number of halogens is 1. The average molecular weight is 295 g/mol. The van der Waals surface area contributed by atoms with E-state index in [1.807, 2.05) is 6.92 Å². The second-order valence-electron chi connectivity index (χ2n) is 4.17. The van der Waals surface area contributed by atoms with Crippen molar-refractivity contribution >= 4 is 29.0 Å². The van der Waals surface area contributed by atoms with Gasteiger partial charge in [0.25, 0.3) is 11.6 Å². The number of amides is 1. The highest BCUT2D eigenvalue weighted by molar-refractivity contribution is 6.36. The van der Waals surface area contributed by atoms with Crippen LogP contribution < -0.4 is 5.32 Å². The Labute approximate surface area is 119 Å². The number of benzene rings is 1. The van der Waals surface area contributed by atoms with Crippen molar-refractivity contribution in [2.75, 3.05) is 5.32 Å². The zero-order valence-corrected chi connectivity index (χ0v) is 11.5. The Morgan fingerprint density at radius 3 is 2.70 bits per heavy atom. The maximum Gasteiger partial charge on any atom is 0.288 e. The SMILES string of the molecule is Cc1[nH]nc(NC(=O)c2cccc([N+](=O)[O-])c2Cl)c1C. The van der Waals surface area contributed by atoms with Gasteiger partial charge in [-0.2, -0.15) is 5.10 Å². The van der Waals surface area contributed by atoms with Crippen LogP contribution in [0.1, 0.15) is 21.6 Å². The summed E-state index contributed by atoms with van der Waals surface area (Å²) < 4.78 is 0. The van der Waals surface area contributed by atoms with Crippen molar-refractivity contribution in [3.63, 3.8) is 0 Å². The number of nitro groups is 1. The Kier molecular flexibility index (Phi) is 3.71. The molecule has 0 saturated carbocycles. The molecule has 2 aromatic rings. The lowest BCUT2D eigenvalue weighted by Crippen LogP contribution is -2.14. The third-order valence-corrected chi connectivity index (χ3v) is 3.30. The normalized spacial score (nSPS) is 10.3. The summed E-state index contributed by atoms with van der Waals surface area (Å²) in [5.74, 6) is -0.177. The lowest BCUT2D eigenvalue weighted by atomic mass is 10.2. The minimum absolute atomic E-state index is 0.0286. The van der Waals surface area contributed by atoms with Crippen LogP contribution in [-0.2, 0) is 0 Å². The number of nitrogens with zero attached hydrogens (tertiary/aromatic N) is 2. The summed E-state index contributed by atoms with van der Waals surface area (Å²) in [5.41, 5.74) is 1.33. The third kappa shape index (κ3) is 2.48. The molecule has 1 amide bonds. The van der Waals surface area contributed by atoms with E-state index in [4.69, 9.17) is 11.6 Å². The van der Waals surface area contributed by atoms with E-state index in [1.165, 1.54) is 18.2 Å². The molecule has 0 spiro atoms. The van der Waals surface area contributed by atoms with Gasteiger partial charge >= 0.3 is 0 Å². The van der Waals surface area contributed by atoms with Crippen molar-refractivity contribution in [3.05, 3.63) is 50.2 Å². The summed E-state index contributed by atoms with van der Waals surface area (Å²) in [6.45, 7) is 3.61. The molecule has 1 heterocycles. The summed E-state index contributed by atoms with van der Waals surface area (Å²) in [6, 6.07) is 4.06. The summed E-state index contributed by atoms with van der Waals surface area (Å²) in [5, 5.41) is 19.8. The largest absolute Gasteiger partial charge is 0.305 e. The zero-order valence-electron chi connectivity index (χ0n) is 10.7. The lowest BCUT2D eigenvalue weighted by molar-refractivity contribution is -0.384. The molecule has 0 aliphatic heterocycles. The number of carbonyl (C=O) groups excluding carboxylic acids is 1. The van der Waals surface area contributed by atoms with Gasteiger partial charge in [0, 0.05) is 17.3 Å². The van der Waals surface area contributed by atoms with Crippen LogP contribution >= 0.6 is 11.6 Å². The number of anilines is 1. The van der Waals surface area contributed by atoms with Gasteiger partial charge in [-0.3, -0.25) is 20.0 Å². The van der Waals surface area contributed by atoms with Crippen LogP contribution in [0, 0.1) is 24.0 Å². The van der Waals surface area contributed by atoms with Crippen LogP contribution in [0.25, 0.3) is 0 Å². The van der Waals surface area contributed by atoms with E-state index < -0.39 is 10.8 Å². The molecule has 2 rings (SSSR count). The third-order valence-electron chi connectivity index (χ3n) is 2.90. The van der Waals surface area contributed by atoms with Gasteiger partial charge in [0.15, 0.2) is 5.82 Å². The maximum atomic E-state index is 12.1. The van der Waals surface area contributed by atoms with E-state index in [0.717, 1.165) is 11.3 Å². The number of hydrogen-bond donors (Lipinski definition) is 2. The smallest absolute Gasteiger partial charge is 0.288 e. The molecular weight excluding hydrogens is 284 g/mol. The van der Waals surface area contributed by atoms with Crippen LogP contribution in [0.5, 0.6) is 0 Å². The molecular formula is C12H11ClN4O3. The summed E-state index contributed by atoms with van der Waals surface area (Å²) in [4.78, 5) is 22.2.